The zero-order chi connectivity index (χ0) is 14.5. The Balaban J connectivity index is 2.22. The molecule has 0 radical (unpaired) electrons. The van der Waals surface area contributed by atoms with E-state index in [1.165, 1.54) is 13.8 Å². The maximum Gasteiger partial charge on any atom is 0.221 e. The number of nitrogens with one attached hydrogen (secondary N) is 2. The van der Waals surface area contributed by atoms with Gasteiger partial charge in [0.1, 0.15) is 0 Å². The summed E-state index contributed by atoms with van der Waals surface area (Å²) >= 11 is 0. The van der Waals surface area contributed by atoms with Crippen molar-refractivity contribution >= 4 is 23.2 Å². The molecular weight excluding hydrogens is 252 g/mol. The fraction of sp³-hybridized carbons (Fsp3) is 0.125. The molecule has 2 aromatic rings. The fourth-order valence-electron chi connectivity index (χ4n) is 1.93. The molecule has 0 atom stereocenters. The van der Waals surface area contributed by atoms with E-state index in [1.54, 1.807) is 0 Å². The molecular formula is C16H16N2O2. The summed E-state index contributed by atoms with van der Waals surface area (Å²) in [6.45, 7) is 2.96. The summed E-state index contributed by atoms with van der Waals surface area (Å²) in [6, 6.07) is 15.2. The normalized spacial score (nSPS) is 9.90. The van der Waals surface area contributed by atoms with Crippen LogP contribution in [-0.2, 0) is 9.59 Å². The summed E-state index contributed by atoms with van der Waals surface area (Å²) in [4.78, 5) is 22.0. The number of benzene rings is 2. The molecule has 0 aromatic heterocycles. The second-order valence-corrected chi connectivity index (χ2v) is 4.52. The predicted octanol–water partition coefficient (Wildman–Crippen LogP) is 3.27. The lowest BCUT2D eigenvalue weighted by molar-refractivity contribution is -0.115. The largest absolute Gasteiger partial charge is 0.326 e. The summed E-state index contributed by atoms with van der Waals surface area (Å²) < 4.78 is 0. The van der Waals surface area contributed by atoms with E-state index in [1.807, 2.05) is 48.5 Å². The number of carbonyl (C=O) groups is 2. The van der Waals surface area contributed by atoms with Gasteiger partial charge in [-0.3, -0.25) is 9.59 Å². The van der Waals surface area contributed by atoms with Gasteiger partial charge in [-0.15, -0.1) is 0 Å². The van der Waals surface area contributed by atoms with E-state index < -0.39 is 0 Å². The first-order chi connectivity index (χ1) is 9.54. The third-order valence-electron chi connectivity index (χ3n) is 2.72. The Morgan fingerprint density at radius 3 is 1.95 bits per heavy atom. The minimum absolute atomic E-state index is 0.0922. The van der Waals surface area contributed by atoms with Gasteiger partial charge in [0.2, 0.25) is 11.8 Å². The van der Waals surface area contributed by atoms with E-state index in [0.717, 1.165) is 22.5 Å². The zero-order valence-electron chi connectivity index (χ0n) is 11.4. The van der Waals surface area contributed by atoms with Crippen LogP contribution in [0.15, 0.2) is 48.5 Å². The molecule has 2 rings (SSSR count). The van der Waals surface area contributed by atoms with Gasteiger partial charge in [-0.25, -0.2) is 0 Å². The van der Waals surface area contributed by atoms with Gasteiger partial charge in [-0.1, -0.05) is 24.3 Å². The van der Waals surface area contributed by atoms with Gasteiger partial charge in [0.15, 0.2) is 0 Å². The number of anilines is 2. The molecule has 0 aliphatic rings. The first-order valence-corrected chi connectivity index (χ1v) is 6.30. The Kier molecular flexibility index (Phi) is 4.15. The molecule has 0 fully saturated rings. The fourth-order valence-corrected chi connectivity index (χ4v) is 1.93. The quantitative estimate of drug-likeness (QED) is 0.897. The Labute approximate surface area is 117 Å². The number of carbonyl (C=O) groups excluding carboxylic acids is 2. The Morgan fingerprint density at radius 2 is 1.35 bits per heavy atom. The minimum Gasteiger partial charge on any atom is -0.326 e. The van der Waals surface area contributed by atoms with E-state index >= 15 is 0 Å². The molecule has 4 nitrogen and oxygen atoms in total. The summed E-state index contributed by atoms with van der Waals surface area (Å²) in [5.41, 5.74) is 3.55. The lowest BCUT2D eigenvalue weighted by Gasteiger charge is -2.07. The van der Waals surface area contributed by atoms with Gasteiger partial charge in [-0.05, 0) is 35.4 Å². The molecule has 0 aliphatic heterocycles. The zero-order valence-corrected chi connectivity index (χ0v) is 11.4. The van der Waals surface area contributed by atoms with Crippen molar-refractivity contribution in [3.05, 3.63) is 48.5 Å². The van der Waals surface area contributed by atoms with E-state index in [2.05, 4.69) is 10.6 Å². The molecule has 4 heteroatoms. The van der Waals surface area contributed by atoms with Crippen LogP contribution in [0.2, 0.25) is 0 Å². The third-order valence-corrected chi connectivity index (χ3v) is 2.72. The highest BCUT2D eigenvalue weighted by molar-refractivity contribution is 5.90. The third kappa shape index (κ3) is 3.68. The van der Waals surface area contributed by atoms with Crippen LogP contribution in [0.25, 0.3) is 11.1 Å². The molecule has 2 aromatic carbocycles. The van der Waals surface area contributed by atoms with Crippen molar-refractivity contribution in [1.82, 2.24) is 0 Å². The van der Waals surface area contributed by atoms with E-state index in [0.29, 0.717) is 0 Å². The van der Waals surface area contributed by atoms with Crippen molar-refractivity contribution in [3.8, 4) is 11.1 Å². The molecule has 0 bridgehead atoms. The van der Waals surface area contributed by atoms with Crippen molar-refractivity contribution in [2.45, 2.75) is 13.8 Å². The van der Waals surface area contributed by atoms with Crippen LogP contribution in [0.5, 0.6) is 0 Å². The van der Waals surface area contributed by atoms with E-state index in [-0.39, 0.29) is 11.8 Å². The highest BCUT2D eigenvalue weighted by Crippen LogP contribution is 2.24. The minimum atomic E-state index is -0.0943. The first-order valence-electron chi connectivity index (χ1n) is 6.30. The van der Waals surface area contributed by atoms with Gasteiger partial charge in [0, 0.05) is 25.2 Å². The topological polar surface area (TPSA) is 58.2 Å². The monoisotopic (exact) mass is 268 g/mol. The molecule has 0 saturated carbocycles. The number of rotatable bonds is 3. The van der Waals surface area contributed by atoms with Crippen LogP contribution in [0.4, 0.5) is 11.4 Å². The maximum atomic E-state index is 11.1. The van der Waals surface area contributed by atoms with E-state index in [9.17, 15) is 9.59 Å². The van der Waals surface area contributed by atoms with Gasteiger partial charge in [0.25, 0.3) is 0 Å². The van der Waals surface area contributed by atoms with Gasteiger partial charge in [0.05, 0.1) is 0 Å². The molecule has 0 spiro atoms. The van der Waals surface area contributed by atoms with Gasteiger partial charge < -0.3 is 10.6 Å². The van der Waals surface area contributed by atoms with Crippen LogP contribution in [0, 0.1) is 0 Å². The molecule has 0 heterocycles. The van der Waals surface area contributed by atoms with Crippen LogP contribution in [0.3, 0.4) is 0 Å². The Morgan fingerprint density at radius 1 is 0.750 bits per heavy atom. The number of hydrogen-bond donors (Lipinski definition) is 2. The maximum absolute atomic E-state index is 11.1. The van der Waals surface area contributed by atoms with Crippen molar-refractivity contribution in [3.63, 3.8) is 0 Å². The van der Waals surface area contributed by atoms with Crippen molar-refractivity contribution < 1.29 is 9.59 Å². The summed E-state index contributed by atoms with van der Waals surface area (Å²) in [7, 11) is 0. The van der Waals surface area contributed by atoms with Crippen LogP contribution in [-0.4, -0.2) is 11.8 Å². The number of hydrogen-bond acceptors (Lipinski definition) is 2. The van der Waals surface area contributed by atoms with Crippen molar-refractivity contribution in [1.29, 1.82) is 0 Å². The highest BCUT2D eigenvalue weighted by Gasteiger charge is 2.01. The molecule has 2 amide bonds. The Bertz CT molecular complexity index is 633. The SMILES string of the molecule is CC(=O)Nc1ccc(-c2cccc(NC(C)=O)c2)cc1. The van der Waals surface area contributed by atoms with Crippen molar-refractivity contribution in [2.24, 2.45) is 0 Å². The summed E-state index contributed by atoms with van der Waals surface area (Å²) in [5.74, 6) is -0.187. The molecule has 0 saturated heterocycles. The van der Waals surface area contributed by atoms with Crippen LogP contribution in [0.1, 0.15) is 13.8 Å². The van der Waals surface area contributed by atoms with Crippen molar-refractivity contribution in [2.75, 3.05) is 10.6 Å². The summed E-state index contributed by atoms with van der Waals surface area (Å²) in [6.07, 6.45) is 0. The lowest BCUT2D eigenvalue weighted by atomic mass is 10.0. The molecule has 0 unspecified atom stereocenters. The second-order valence-electron chi connectivity index (χ2n) is 4.52. The molecule has 0 aliphatic carbocycles. The average Bonchev–Trinajstić information content (AvgIpc) is 2.38. The highest BCUT2D eigenvalue weighted by atomic mass is 16.2. The lowest BCUT2D eigenvalue weighted by Crippen LogP contribution is -2.05. The Hall–Kier alpha value is -2.62. The van der Waals surface area contributed by atoms with Gasteiger partial charge in [-0.2, -0.15) is 0 Å². The smallest absolute Gasteiger partial charge is 0.221 e. The molecule has 20 heavy (non-hydrogen) atoms. The summed E-state index contributed by atoms with van der Waals surface area (Å²) in [5, 5.41) is 5.48. The molecule has 2 N–H and O–H groups in total. The molecule has 102 valence electrons. The number of amides is 2. The van der Waals surface area contributed by atoms with Crippen LogP contribution < -0.4 is 10.6 Å². The first kappa shape index (κ1) is 13.8. The predicted molar refractivity (Wildman–Crippen MR) is 80.5 cm³/mol. The van der Waals surface area contributed by atoms with Crippen LogP contribution >= 0.6 is 0 Å². The average molecular weight is 268 g/mol. The second kappa shape index (κ2) is 6.02. The van der Waals surface area contributed by atoms with Gasteiger partial charge >= 0.3 is 0 Å². The standard InChI is InChI=1S/C16H16N2O2/c1-11(19)17-15-8-6-13(7-9-15)14-4-3-5-16(10-14)18-12(2)20/h3-10H,1-2H3,(H,17,19)(H,18,20). The van der Waals surface area contributed by atoms with E-state index in [4.69, 9.17) is 0 Å².